The number of nitrogens with one attached hydrogen (secondary N) is 1. The van der Waals surface area contributed by atoms with Gasteiger partial charge in [0.05, 0.1) is 7.11 Å². The number of halogens is 2. The molecule has 1 aliphatic carbocycles. The fourth-order valence-electron chi connectivity index (χ4n) is 2.97. The number of carbonyl (C=O) groups excluding carboxylic acids is 1. The Morgan fingerprint density at radius 2 is 1.88 bits per heavy atom. The molecular formula is C19H17F2NO4. The summed E-state index contributed by atoms with van der Waals surface area (Å²) in [5, 5.41) is 11.9. The van der Waals surface area contributed by atoms with Crippen molar-refractivity contribution in [3.63, 3.8) is 0 Å². The summed E-state index contributed by atoms with van der Waals surface area (Å²) in [5.74, 6) is -4.09. The molecule has 1 amide bonds. The summed E-state index contributed by atoms with van der Waals surface area (Å²) in [6.07, 6.45) is 0.348. The summed E-state index contributed by atoms with van der Waals surface area (Å²) in [6, 6.07) is 8.90. The van der Waals surface area contributed by atoms with Crippen LogP contribution in [-0.2, 0) is 9.59 Å². The van der Waals surface area contributed by atoms with Gasteiger partial charge in [-0.15, -0.1) is 0 Å². The molecule has 0 spiro atoms. The van der Waals surface area contributed by atoms with Gasteiger partial charge in [0.1, 0.15) is 5.75 Å². The van der Waals surface area contributed by atoms with Gasteiger partial charge in [-0.3, -0.25) is 4.79 Å². The Bertz CT molecular complexity index is 838. The van der Waals surface area contributed by atoms with Crippen LogP contribution in [0.25, 0.3) is 0 Å². The summed E-state index contributed by atoms with van der Waals surface area (Å²) >= 11 is 0. The zero-order chi connectivity index (χ0) is 18.8. The highest BCUT2D eigenvalue weighted by molar-refractivity contribution is 5.88. The molecular weight excluding hydrogens is 344 g/mol. The van der Waals surface area contributed by atoms with E-state index in [1.807, 2.05) is 0 Å². The van der Waals surface area contributed by atoms with Gasteiger partial charge in [-0.2, -0.15) is 0 Å². The maximum absolute atomic E-state index is 13.8. The Hall–Kier alpha value is -2.96. The van der Waals surface area contributed by atoms with E-state index < -0.39 is 41.4 Å². The Morgan fingerprint density at radius 1 is 1.19 bits per heavy atom. The molecule has 3 unspecified atom stereocenters. The van der Waals surface area contributed by atoms with Gasteiger partial charge in [0.25, 0.3) is 0 Å². The van der Waals surface area contributed by atoms with Gasteiger partial charge in [0.2, 0.25) is 5.91 Å². The minimum Gasteiger partial charge on any atom is -0.497 e. The standard InChI is InChI=1S/C19H17F2NO4/c1-26-11-7-5-10(6-8-11)17(19(24)25)22-18(23)14-9-13(14)12-3-2-4-15(20)16(12)21/h2-8,13-14,17H,9H2,1H3,(H,22,23)(H,24,25). The number of methoxy groups -OCH3 is 1. The molecule has 1 saturated carbocycles. The molecule has 3 atom stereocenters. The molecule has 0 aliphatic heterocycles. The number of ether oxygens (including phenoxy) is 1. The van der Waals surface area contributed by atoms with E-state index in [4.69, 9.17) is 4.74 Å². The van der Waals surface area contributed by atoms with Crippen LogP contribution in [0, 0.1) is 17.6 Å². The third kappa shape index (κ3) is 3.51. The van der Waals surface area contributed by atoms with Crippen molar-refractivity contribution in [2.45, 2.75) is 18.4 Å². The number of aliphatic carboxylic acids is 1. The monoisotopic (exact) mass is 361 g/mol. The Labute approximate surface area is 148 Å². The zero-order valence-electron chi connectivity index (χ0n) is 13.9. The lowest BCUT2D eigenvalue weighted by atomic mass is 10.1. The van der Waals surface area contributed by atoms with E-state index in [2.05, 4.69) is 5.32 Å². The number of carboxylic acids is 1. The molecule has 1 fully saturated rings. The third-order valence-corrected chi connectivity index (χ3v) is 4.49. The van der Waals surface area contributed by atoms with E-state index in [0.717, 1.165) is 6.07 Å². The van der Waals surface area contributed by atoms with Crippen LogP contribution in [0.3, 0.4) is 0 Å². The van der Waals surface area contributed by atoms with Crippen LogP contribution in [0.4, 0.5) is 8.78 Å². The van der Waals surface area contributed by atoms with Crippen LogP contribution >= 0.6 is 0 Å². The summed E-state index contributed by atoms with van der Waals surface area (Å²) in [7, 11) is 1.49. The Morgan fingerprint density at radius 3 is 2.50 bits per heavy atom. The first-order chi connectivity index (χ1) is 12.4. The molecule has 136 valence electrons. The number of hydrogen-bond donors (Lipinski definition) is 2. The molecule has 1 aliphatic rings. The second kappa shape index (κ2) is 7.11. The van der Waals surface area contributed by atoms with Crippen molar-refractivity contribution >= 4 is 11.9 Å². The minimum absolute atomic E-state index is 0.140. The molecule has 0 bridgehead atoms. The van der Waals surface area contributed by atoms with E-state index in [-0.39, 0.29) is 5.56 Å². The fraction of sp³-hybridized carbons (Fsp3) is 0.263. The lowest BCUT2D eigenvalue weighted by Crippen LogP contribution is -2.35. The van der Waals surface area contributed by atoms with Crippen LogP contribution in [0.2, 0.25) is 0 Å². The van der Waals surface area contributed by atoms with Crippen molar-refractivity contribution in [3.8, 4) is 5.75 Å². The van der Waals surface area contributed by atoms with E-state index >= 15 is 0 Å². The number of amides is 1. The van der Waals surface area contributed by atoms with E-state index in [1.54, 1.807) is 24.3 Å². The van der Waals surface area contributed by atoms with Crippen LogP contribution in [-0.4, -0.2) is 24.1 Å². The molecule has 0 saturated heterocycles. The van der Waals surface area contributed by atoms with Crippen LogP contribution in [0.1, 0.15) is 29.5 Å². The van der Waals surface area contributed by atoms with Crippen molar-refractivity contribution in [3.05, 3.63) is 65.2 Å². The highest BCUT2D eigenvalue weighted by Crippen LogP contribution is 2.48. The Balaban J connectivity index is 1.71. The maximum Gasteiger partial charge on any atom is 0.330 e. The van der Waals surface area contributed by atoms with Gasteiger partial charge in [-0.25, -0.2) is 13.6 Å². The topological polar surface area (TPSA) is 75.6 Å². The van der Waals surface area contributed by atoms with Crippen molar-refractivity contribution in [1.82, 2.24) is 5.32 Å². The van der Waals surface area contributed by atoms with Gasteiger partial charge in [0, 0.05) is 5.92 Å². The third-order valence-electron chi connectivity index (χ3n) is 4.49. The molecule has 7 heteroatoms. The average Bonchev–Trinajstić information content (AvgIpc) is 3.42. The first-order valence-corrected chi connectivity index (χ1v) is 8.03. The smallest absolute Gasteiger partial charge is 0.330 e. The molecule has 5 nitrogen and oxygen atoms in total. The van der Waals surface area contributed by atoms with E-state index in [0.29, 0.717) is 17.7 Å². The Kier molecular flexibility index (Phi) is 4.88. The maximum atomic E-state index is 13.8. The second-order valence-corrected chi connectivity index (χ2v) is 6.14. The SMILES string of the molecule is COc1ccc(C(NC(=O)C2CC2c2cccc(F)c2F)C(=O)O)cc1. The summed E-state index contributed by atoms with van der Waals surface area (Å²) in [4.78, 5) is 23.9. The fourth-order valence-corrected chi connectivity index (χ4v) is 2.97. The summed E-state index contributed by atoms with van der Waals surface area (Å²) in [5.41, 5.74) is 0.530. The molecule has 0 radical (unpaired) electrons. The lowest BCUT2D eigenvalue weighted by Gasteiger charge is -2.15. The van der Waals surface area contributed by atoms with Gasteiger partial charge >= 0.3 is 5.97 Å². The van der Waals surface area contributed by atoms with Crippen molar-refractivity contribution in [1.29, 1.82) is 0 Å². The van der Waals surface area contributed by atoms with Gasteiger partial charge in [-0.1, -0.05) is 24.3 Å². The molecule has 2 N–H and O–H groups in total. The molecule has 0 aromatic heterocycles. The van der Waals surface area contributed by atoms with Crippen LogP contribution in [0.5, 0.6) is 5.75 Å². The van der Waals surface area contributed by atoms with Crippen molar-refractivity contribution in [2.24, 2.45) is 5.92 Å². The molecule has 0 heterocycles. The highest BCUT2D eigenvalue weighted by Gasteiger charge is 2.46. The van der Waals surface area contributed by atoms with Gasteiger partial charge in [-0.05, 0) is 41.7 Å². The van der Waals surface area contributed by atoms with Gasteiger partial charge in [0.15, 0.2) is 17.7 Å². The number of carbonyl (C=O) groups is 2. The predicted molar refractivity (Wildman–Crippen MR) is 88.7 cm³/mol. The first-order valence-electron chi connectivity index (χ1n) is 8.03. The largest absolute Gasteiger partial charge is 0.497 e. The van der Waals surface area contributed by atoms with Crippen molar-refractivity contribution < 1.29 is 28.2 Å². The quantitative estimate of drug-likeness (QED) is 0.829. The average molecular weight is 361 g/mol. The molecule has 3 rings (SSSR count). The molecule has 2 aromatic carbocycles. The van der Waals surface area contributed by atoms with Crippen molar-refractivity contribution in [2.75, 3.05) is 7.11 Å². The molecule has 26 heavy (non-hydrogen) atoms. The minimum atomic E-state index is -1.23. The summed E-state index contributed by atoms with van der Waals surface area (Å²) < 4.78 is 32.2. The van der Waals surface area contributed by atoms with Crippen LogP contribution in [0.15, 0.2) is 42.5 Å². The lowest BCUT2D eigenvalue weighted by molar-refractivity contribution is -0.142. The number of benzene rings is 2. The second-order valence-electron chi connectivity index (χ2n) is 6.14. The van der Waals surface area contributed by atoms with E-state index in [1.165, 1.54) is 19.2 Å². The van der Waals surface area contributed by atoms with E-state index in [9.17, 15) is 23.5 Å². The number of rotatable bonds is 6. The molecule has 2 aromatic rings. The summed E-state index contributed by atoms with van der Waals surface area (Å²) in [6.45, 7) is 0. The normalized spacial score (nSPS) is 19.5. The highest BCUT2D eigenvalue weighted by atomic mass is 19.2. The zero-order valence-corrected chi connectivity index (χ0v) is 13.9. The van der Waals surface area contributed by atoms with Gasteiger partial charge < -0.3 is 15.2 Å². The number of hydrogen-bond acceptors (Lipinski definition) is 3. The van der Waals surface area contributed by atoms with Crippen LogP contribution < -0.4 is 10.1 Å². The predicted octanol–water partition coefficient (Wildman–Crippen LogP) is 3.02. The first kappa shape index (κ1) is 17.8. The number of carboxylic acid groups (broad SMARTS) is 1.